The van der Waals surface area contributed by atoms with Gasteiger partial charge in [0, 0.05) is 43.6 Å². The van der Waals surface area contributed by atoms with Crippen molar-refractivity contribution in [1.29, 1.82) is 0 Å². The summed E-state index contributed by atoms with van der Waals surface area (Å²) in [4.78, 5) is 13.2. The molecular weight excluding hydrogens is 216 g/mol. The fourth-order valence-electron chi connectivity index (χ4n) is 2.16. The van der Waals surface area contributed by atoms with Gasteiger partial charge in [0.05, 0.1) is 6.61 Å². The van der Waals surface area contributed by atoms with Crippen LogP contribution < -0.4 is 4.90 Å². The number of nitrogens with zero attached hydrogens (tertiary/aromatic N) is 4. The minimum absolute atomic E-state index is 0.000598. The van der Waals surface area contributed by atoms with Crippen LogP contribution in [0.4, 0.5) is 5.95 Å². The molecule has 0 radical (unpaired) electrons. The molecule has 5 nitrogen and oxygen atoms in total. The van der Waals surface area contributed by atoms with Crippen LogP contribution in [0.15, 0.2) is 12.4 Å². The summed E-state index contributed by atoms with van der Waals surface area (Å²) >= 11 is 0. The van der Waals surface area contributed by atoms with Crippen molar-refractivity contribution >= 4 is 5.95 Å². The minimum atomic E-state index is 0.000598. The van der Waals surface area contributed by atoms with E-state index in [4.69, 9.17) is 5.11 Å². The highest BCUT2D eigenvalue weighted by Gasteiger charge is 2.24. The van der Waals surface area contributed by atoms with Crippen LogP contribution in [0.25, 0.3) is 0 Å². The molecule has 94 valence electrons. The first kappa shape index (κ1) is 12.3. The first-order valence-corrected chi connectivity index (χ1v) is 6.11. The predicted molar refractivity (Wildman–Crippen MR) is 66.9 cm³/mol. The highest BCUT2D eigenvalue weighted by molar-refractivity contribution is 5.31. The Morgan fingerprint density at radius 1 is 1.35 bits per heavy atom. The Hall–Kier alpha value is -1.20. The van der Waals surface area contributed by atoms with Gasteiger partial charge in [-0.05, 0) is 13.5 Å². The van der Waals surface area contributed by atoms with Crippen LogP contribution in [-0.4, -0.2) is 52.7 Å². The lowest BCUT2D eigenvalue weighted by Gasteiger charge is -2.39. The Balaban J connectivity index is 2.06. The Bertz CT molecular complexity index is 354. The number of aliphatic hydroxyl groups is 1. The number of aromatic nitrogens is 2. The first-order valence-electron chi connectivity index (χ1n) is 6.11. The van der Waals surface area contributed by atoms with Crippen LogP contribution in [-0.2, 0) is 6.61 Å². The molecule has 1 N–H and O–H groups in total. The molecule has 1 saturated heterocycles. The van der Waals surface area contributed by atoms with E-state index < -0.39 is 0 Å². The van der Waals surface area contributed by atoms with E-state index in [9.17, 15) is 0 Å². The molecule has 0 aromatic carbocycles. The SMILES string of the molecule is CCC1CN(c2ncc(CO)cn2)CCN1C. The molecule has 0 amide bonds. The van der Waals surface area contributed by atoms with Gasteiger partial charge in [-0.2, -0.15) is 0 Å². The van der Waals surface area contributed by atoms with Gasteiger partial charge in [0.1, 0.15) is 0 Å². The summed E-state index contributed by atoms with van der Waals surface area (Å²) in [5, 5.41) is 8.95. The number of likely N-dealkylation sites (N-methyl/N-ethyl adjacent to an activating group) is 1. The van der Waals surface area contributed by atoms with Crippen molar-refractivity contribution in [1.82, 2.24) is 14.9 Å². The van der Waals surface area contributed by atoms with Gasteiger partial charge in [0.25, 0.3) is 0 Å². The summed E-state index contributed by atoms with van der Waals surface area (Å²) in [7, 11) is 2.17. The van der Waals surface area contributed by atoms with Gasteiger partial charge < -0.3 is 10.0 Å². The molecule has 1 aliphatic rings. The molecule has 1 atom stereocenters. The van der Waals surface area contributed by atoms with Gasteiger partial charge in [-0.3, -0.25) is 4.90 Å². The highest BCUT2D eigenvalue weighted by atomic mass is 16.3. The monoisotopic (exact) mass is 236 g/mol. The second-order valence-electron chi connectivity index (χ2n) is 4.54. The number of rotatable bonds is 3. The summed E-state index contributed by atoms with van der Waals surface area (Å²) < 4.78 is 0. The maximum atomic E-state index is 8.95. The number of aliphatic hydroxyl groups excluding tert-OH is 1. The first-order chi connectivity index (χ1) is 8.24. The van der Waals surface area contributed by atoms with Crippen molar-refractivity contribution in [2.24, 2.45) is 0 Å². The van der Waals surface area contributed by atoms with Gasteiger partial charge in [0.2, 0.25) is 5.95 Å². The normalized spacial score (nSPS) is 21.8. The summed E-state index contributed by atoms with van der Waals surface area (Å²) in [6, 6.07) is 0.574. The van der Waals surface area contributed by atoms with E-state index in [-0.39, 0.29) is 6.61 Å². The average Bonchev–Trinajstić information content (AvgIpc) is 2.39. The van der Waals surface area contributed by atoms with Gasteiger partial charge >= 0.3 is 0 Å². The second kappa shape index (κ2) is 5.42. The molecule has 17 heavy (non-hydrogen) atoms. The number of hydrogen-bond acceptors (Lipinski definition) is 5. The maximum absolute atomic E-state index is 8.95. The molecule has 0 bridgehead atoms. The summed E-state index contributed by atoms with van der Waals surface area (Å²) in [5.41, 5.74) is 0.759. The van der Waals surface area contributed by atoms with Crippen LogP contribution in [0.1, 0.15) is 18.9 Å². The van der Waals surface area contributed by atoms with E-state index in [1.54, 1.807) is 12.4 Å². The second-order valence-corrected chi connectivity index (χ2v) is 4.54. The van der Waals surface area contributed by atoms with Crippen molar-refractivity contribution in [3.63, 3.8) is 0 Å². The van der Waals surface area contributed by atoms with Crippen molar-refractivity contribution < 1.29 is 5.11 Å². The molecule has 1 unspecified atom stereocenters. The van der Waals surface area contributed by atoms with Crippen molar-refractivity contribution in [3.05, 3.63) is 18.0 Å². The molecule has 1 aliphatic heterocycles. The topological polar surface area (TPSA) is 52.5 Å². The maximum Gasteiger partial charge on any atom is 0.225 e. The van der Waals surface area contributed by atoms with Crippen LogP contribution in [0.2, 0.25) is 0 Å². The molecule has 0 aliphatic carbocycles. The molecule has 1 aromatic heterocycles. The molecule has 0 saturated carbocycles. The predicted octanol–water partition coefficient (Wildman–Crippen LogP) is 0.499. The van der Waals surface area contributed by atoms with Gasteiger partial charge in [-0.25, -0.2) is 9.97 Å². The third-order valence-electron chi connectivity index (χ3n) is 3.41. The van der Waals surface area contributed by atoms with Gasteiger partial charge in [-0.1, -0.05) is 6.92 Å². The standard InChI is InChI=1S/C12H20N4O/c1-3-11-8-16(5-4-15(11)2)12-13-6-10(9-17)7-14-12/h6-7,11,17H,3-5,8-9H2,1-2H3. The van der Waals surface area contributed by atoms with Crippen molar-refractivity contribution in [2.45, 2.75) is 26.0 Å². The molecule has 0 spiro atoms. The molecule has 1 fully saturated rings. The van der Waals surface area contributed by atoms with E-state index in [2.05, 4.69) is 33.7 Å². The van der Waals surface area contributed by atoms with Gasteiger partial charge in [0.15, 0.2) is 0 Å². The Morgan fingerprint density at radius 3 is 2.65 bits per heavy atom. The smallest absolute Gasteiger partial charge is 0.225 e. The summed E-state index contributed by atoms with van der Waals surface area (Å²) in [6.07, 6.45) is 4.53. The fraction of sp³-hybridized carbons (Fsp3) is 0.667. The zero-order valence-corrected chi connectivity index (χ0v) is 10.5. The van der Waals surface area contributed by atoms with E-state index in [0.29, 0.717) is 6.04 Å². The molecule has 2 rings (SSSR count). The van der Waals surface area contributed by atoms with E-state index in [1.807, 2.05) is 0 Å². The van der Waals surface area contributed by atoms with E-state index >= 15 is 0 Å². The Kier molecular flexibility index (Phi) is 3.91. The highest BCUT2D eigenvalue weighted by Crippen LogP contribution is 2.15. The van der Waals surface area contributed by atoms with Crippen molar-refractivity contribution in [2.75, 3.05) is 31.6 Å². The van der Waals surface area contributed by atoms with Gasteiger partial charge in [-0.15, -0.1) is 0 Å². The Morgan fingerprint density at radius 2 is 2.06 bits per heavy atom. The summed E-state index contributed by atoms with van der Waals surface area (Å²) in [6.45, 7) is 5.20. The lowest BCUT2D eigenvalue weighted by molar-refractivity contribution is 0.212. The van der Waals surface area contributed by atoms with E-state index in [1.165, 1.54) is 0 Å². The number of hydrogen-bond donors (Lipinski definition) is 1. The lowest BCUT2D eigenvalue weighted by Crippen LogP contribution is -2.51. The molecule has 2 heterocycles. The lowest BCUT2D eigenvalue weighted by atomic mass is 10.1. The minimum Gasteiger partial charge on any atom is -0.392 e. The quantitative estimate of drug-likeness (QED) is 0.828. The Labute approximate surface area is 102 Å². The number of piperazine rings is 1. The van der Waals surface area contributed by atoms with Crippen LogP contribution in [0.3, 0.4) is 0 Å². The van der Waals surface area contributed by atoms with Crippen LogP contribution >= 0.6 is 0 Å². The van der Waals surface area contributed by atoms with Crippen LogP contribution in [0, 0.1) is 0 Å². The van der Waals surface area contributed by atoms with E-state index in [0.717, 1.165) is 37.6 Å². The molecule has 1 aromatic rings. The fourth-order valence-corrected chi connectivity index (χ4v) is 2.16. The zero-order chi connectivity index (χ0) is 12.3. The average molecular weight is 236 g/mol. The van der Waals surface area contributed by atoms with Crippen LogP contribution in [0.5, 0.6) is 0 Å². The third-order valence-corrected chi connectivity index (χ3v) is 3.41. The zero-order valence-electron chi connectivity index (χ0n) is 10.5. The number of anilines is 1. The summed E-state index contributed by atoms with van der Waals surface area (Å²) in [5.74, 6) is 0.772. The largest absolute Gasteiger partial charge is 0.392 e. The molecule has 5 heteroatoms. The third kappa shape index (κ3) is 2.73. The molecular formula is C12H20N4O. The van der Waals surface area contributed by atoms with Crippen molar-refractivity contribution in [3.8, 4) is 0 Å².